The summed E-state index contributed by atoms with van der Waals surface area (Å²) in [6.07, 6.45) is 0. The Labute approximate surface area is 48.3 Å². The normalized spacial score (nSPS) is 19.6. The Morgan fingerprint density at radius 1 is 1.38 bits per heavy atom. The van der Waals surface area contributed by atoms with Gasteiger partial charge in [0.05, 0.1) is 18.8 Å². The lowest BCUT2D eigenvalue weighted by Gasteiger charge is -2.03. The fourth-order valence-corrected chi connectivity index (χ4v) is 0.584. The summed E-state index contributed by atoms with van der Waals surface area (Å²) in [4.78, 5) is 8.05. The van der Waals surface area contributed by atoms with Gasteiger partial charge in [0.1, 0.15) is 5.84 Å². The molecule has 0 fully saturated rings. The summed E-state index contributed by atoms with van der Waals surface area (Å²) in [5, 5.41) is 0. The highest BCUT2D eigenvalue weighted by Gasteiger charge is 1.99. The van der Waals surface area contributed by atoms with Crippen LogP contribution in [0.15, 0.2) is 9.98 Å². The van der Waals surface area contributed by atoms with E-state index >= 15 is 0 Å². The van der Waals surface area contributed by atoms with Crippen LogP contribution in [0.2, 0.25) is 0 Å². The van der Waals surface area contributed by atoms with E-state index in [2.05, 4.69) is 9.98 Å². The largest absolute Gasteiger partial charge is 0.383 e. The molecule has 0 aromatic rings. The summed E-state index contributed by atoms with van der Waals surface area (Å²) in [6, 6.07) is 0. The average Bonchev–Trinajstić information content (AvgIpc) is 1.77. The van der Waals surface area contributed by atoms with Gasteiger partial charge in [0.25, 0.3) is 0 Å². The van der Waals surface area contributed by atoms with E-state index in [0.717, 1.165) is 18.8 Å². The van der Waals surface area contributed by atoms with Crippen LogP contribution in [0.25, 0.3) is 0 Å². The first-order chi connectivity index (χ1) is 3.80. The highest BCUT2D eigenvalue weighted by Crippen LogP contribution is 1.87. The molecule has 0 saturated carbocycles. The highest BCUT2D eigenvalue weighted by atomic mass is 15.0. The molecule has 3 nitrogen and oxygen atoms in total. The monoisotopic (exact) mass is 111 g/mol. The molecule has 1 aliphatic heterocycles. The summed E-state index contributed by atoms with van der Waals surface area (Å²) in [5.74, 6) is 0.594. The molecule has 2 N–H and O–H groups in total. The van der Waals surface area contributed by atoms with Crippen molar-refractivity contribution in [3.05, 3.63) is 0 Å². The van der Waals surface area contributed by atoms with E-state index in [4.69, 9.17) is 5.73 Å². The third-order valence-corrected chi connectivity index (χ3v) is 1.10. The average molecular weight is 111 g/mol. The Morgan fingerprint density at radius 3 is 2.38 bits per heavy atom. The molecule has 0 amide bonds. The van der Waals surface area contributed by atoms with Crippen LogP contribution in [-0.4, -0.2) is 24.6 Å². The molecule has 8 heavy (non-hydrogen) atoms. The van der Waals surface area contributed by atoms with Crippen molar-refractivity contribution in [3.63, 3.8) is 0 Å². The number of hydrogen-bond acceptors (Lipinski definition) is 3. The zero-order valence-electron chi connectivity index (χ0n) is 4.89. The minimum Gasteiger partial charge on any atom is -0.383 e. The number of aliphatic imine (C=N–C) groups is 2. The quantitative estimate of drug-likeness (QED) is 0.463. The van der Waals surface area contributed by atoms with E-state index in [-0.39, 0.29) is 0 Å². The van der Waals surface area contributed by atoms with Gasteiger partial charge in [-0.3, -0.25) is 9.98 Å². The van der Waals surface area contributed by atoms with Crippen LogP contribution in [0.4, 0.5) is 0 Å². The molecule has 1 rings (SSSR count). The third kappa shape index (κ3) is 0.857. The van der Waals surface area contributed by atoms with Crippen molar-refractivity contribution in [1.29, 1.82) is 0 Å². The molecule has 0 saturated heterocycles. The number of amidine groups is 1. The topological polar surface area (TPSA) is 50.7 Å². The van der Waals surface area contributed by atoms with Crippen LogP contribution in [-0.2, 0) is 0 Å². The molecule has 1 heterocycles. The molecule has 0 bridgehead atoms. The van der Waals surface area contributed by atoms with E-state index < -0.39 is 0 Å². The summed E-state index contributed by atoms with van der Waals surface area (Å²) in [5.41, 5.74) is 6.27. The lowest BCUT2D eigenvalue weighted by atomic mass is 10.3. The second-order valence-corrected chi connectivity index (χ2v) is 1.73. The summed E-state index contributed by atoms with van der Waals surface area (Å²) < 4.78 is 0. The lowest BCUT2D eigenvalue weighted by molar-refractivity contribution is 0.958. The smallest absolute Gasteiger partial charge is 0.139 e. The minimum atomic E-state index is 0.594. The van der Waals surface area contributed by atoms with Crippen molar-refractivity contribution < 1.29 is 0 Å². The molecule has 0 spiro atoms. The van der Waals surface area contributed by atoms with Crippen LogP contribution in [0.1, 0.15) is 6.92 Å². The third-order valence-electron chi connectivity index (χ3n) is 1.10. The van der Waals surface area contributed by atoms with Crippen molar-refractivity contribution in [1.82, 2.24) is 0 Å². The second-order valence-electron chi connectivity index (χ2n) is 1.73. The van der Waals surface area contributed by atoms with Crippen LogP contribution in [0.5, 0.6) is 0 Å². The van der Waals surface area contributed by atoms with E-state index in [0.29, 0.717) is 5.84 Å². The maximum absolute atomic E-state index is 5.40. The Balaban J connectivity index is 2.73. The summed E-state index contributed by atoms with van der Waals surface area (Å²) in [6.45, 7) is 3.42. The highest BCUT2D eigenvalue weighted by molar-refractivity contribution is 6.40. The lowest BCUT2D eigenvalue weighted by Crippen LogP contribution is -2.25. The summed E-state index contributed by atoms with van der Waals surface area (Å²) in [7, 11) is 0. The zero-order valence-corrected chi connectivity index (χ0v) is 4.89. The van der Waals surface area contributed by atoms with E-state index in [1.54, 1.807) is 0 Å². The SMILES string of the molecule is CC1=NCCN=C1N. The van der Waals surface area contributed by atoms with E-state index in [9.17, 15) is 0 Å². The predicted molar refractivity (Wildman–Crippen MR) is 34.5 cm³/mol. The summed E-state index contributed by atoms with van der Waals surface area (Å²) >= 11 is 0. The Hall–Kier alpha value is -0.860. The van der Waals surface area contributed by atoms with Gasteiger partial charge in [0.2, 0.25) is 0 Å². The number of nitrogens with zero attached hydrogens (tertiary/aromatic N) is 2. The van der Waals surface area contributed by atoms with Crippen LogP contribution in [0.3, 0.4) is 0 Å². The van der Waals surface area contributed by atoms with Crippen molar-refractivity contribution >= 4 is 11.5 Å². The minimum absolute atomic E-state index is 0.594. The number of rotatable bonds is 0. The first kappa shape index (κ1) is 5.28. The predicted octanol–water partition coefficient (Wildman–Crippen LogP) is -0.182. The molecule has 0 atom stereocenters. The van der Waals surface area contributed by atoms with Crippen LogP contribution < -0.4 is 5.73 Å². The van der Waals surface area contributed by atoms with E-state index in [1.165, 1.54) is 0 Å². The van der Waals surface area contributed by atoms with Gasteiger partial charge >= 0.3 is 0 Å². The number of hydrogen-bond donors (Lipinski definition) is 1. The standard InChI is InChI=1S/C5H9N3/c1-4-5(6)8-3-2-7-4/h2-3H2,1H3,(H2,6,8). The Kier molecular flexibility index (Phi) is 1.28. The Bertz CT molecular complexity index is 128. The fourth-order valence-electron chi connectivity index (χ4n) is 0.584. The molecule has 0 aromatic heterocycles. The molecule has 1 aliphatic rings. The first-order valence-corrected chi connectivity index (χ1v) is 2.62. The van der Waals surface area contributed by atoms with Crippen molar-refractivity contribution in [3.8, 4) is 0 Å². The van der Waals surface area contributed by atoms with Crippen LogP contribution in [0, 0.1) is 0 Å². The molecule has 44 valence electrons. The van der Waals surface area contributed by atoms with Crippen molar-refractivity contribution in [2.45, 2.75) is 6.92 Å². The molecular formula is C5H9N3. The van der Waals surface area contributed by atoms with Crippen molar-refractivity contribution in [2.24, 2.45) is 15.7 Å². The van der Waals surface area contributed by atoms with E-state index in [1.807, 2.05) is 6.92 Å². The molecule has 0 aliphatic carbocycles. The van der Waals surface area contributed by atoms with Gasteiger partial charge in [-0.1, -0.05) is 0 Å². The zero-order chi connectivity index (χ0) is 5.98. The second kappa shape index (κ2) is 1.94. The molecule has 0 radical (unpaired) electrons. The van der Waals surface area contributed by atoms with Gasteiger partial charge in [0.15, 0.2) is 0 Å². The van der Waals surface area contributed by atoms with Gasteiger partial charge in [0, 0.05) is 0 Å². The molecule has 3 heteroatoms. The van der Waals surface area contributed by atoms with Gasteiger partial charge in [-0.2, -0.15) is 0 Å². The molecule has 0 aromatic carbocycles. The van der Waals surface area contributed by atoms with Gasteiger partial charge in [-0.25, -0.2) is 0 Å². The molecule has 0 unspecified atom stereocenters. The maximum atomic E-state index is 5.40. The first-order valence-electron chi connectivity index (χ1n) is 2.62. The van der Waals surface area contributed by atoms with Gasteiger partial charge < -0.3 is 5.73 Å². The van der Waals surface area contributed by atoms with Crippen molar-refractivity contribution in [2.75, 3.05) is 13.1 Å². The maximum Gasteiger partial charge on any atom is 0.139 e. The van der Waals surface area contributed by atoms with Crippen LogP contribution >= 0.6 is 0 Å². The fraction of sp³-hybridized carbons (Fsp3) is 0.600. The Morgan fingerprint density at radius 2 is 2.00 bits per heavy atom. The number of nitrogens with two attached hydrogens (primary N) is 1. The van der Waals surface area contributed by atoms with Gasteiger partial charge in [-0.05, 0) is 6.92 Å². The molecular weight excluding hydrogens is 102 g/mol. The van der Waals surface area contributed by atoms with Gasteiger partial charge in [-0.15, -0.1) is 0 Å².